The number of hydrogen-bond donors (Lipinski definition) is 0. The highest BCUT2D eigenvalue weighted by Crippen LogP contribution is 2.19. The standard InChI is InChI=1S/C14H15NO3/c1-9-3-5-11(6-4-9)12(16)8-15-13(17)7-10(2)14(15)18/h3-6,10H,7-8H2,1-2H3. The summed E-state index contributed by atoms with van der Waals surface area (Å²) < 4.78 is 0. The van der Waals surface area contributed by atoms with Crippen LogP contribution < -0.4 is 0 Å². The summed E-state index contributed by atoms with van der Waals surface area (Å²) in [5, 5.41) is 0. The van der Waals surface area contributed by atoms with Crippen LogP contribution in [-0.4, -0.2) is 29.0 Å². The number of carbonyl (C=O) groups is 3. The Morgan fingerprint density at radius 1 is 1.28 bits per heavy atom. The molecule has 1 aliphatic heterocycles. The van der Waals surface area contributed by atoms with Gasteiger partial charge in [-0.05, 0) is 6.92 Å². The molecule has 18 heavy (non-hydrogen) atoms. The number of amides is 2. The average molecular weight is 245 g/mol. The minimum Gasteiger partial charge on any atom is -0.292 e. The molecule has 1 saturated heterocycles. The lowest BCUT2D eigenvalue weighted by molar-refractivity contribution is -0.138. The smallest absolute Gasteiger partial charge is 0.232 e. The lowest BCUT2D eigenvalue weighted by Crippen LogP contribution is -2.35. The van der Waals surface area contributed by atoms with Gasteiger partial charge in [0.05, 0.1) is 6.54 Å². The molecule has 1 unspecified atom stereocenters. The second-order valence-electron chi connectivity index (χ2n) is 4.71. The number of carbonyl (C=O) groups excluding carboxylic acids is 3. The van der Waals surface area contributed by atoms with E-state index in [0.717, 1.165) is 10.5 Å². The molecule has 2 rings (SSSR count). The fraction of sp³-hybridized carbons (Fsp3) is 0.357. The van der Waals surface area contributed by atoms with E-state index in [9.17, 15) is 14.4 Å². The Morgan fingerprint density at radius 2 is 1.89 bits per heavy atom. The maximum Gasteiger partial charge on any atom is 0.232 e. The quantitative estimate of drug-likeness (QED) is 0.600. The number of Topliss-reactive ketones (excluding diaryl/α,β-unsaturated/α-hetero) is 1. The van der Waals surface area contributed by atoms with Crippen molar-refractivity contribution in [1.29, 1.82) is 0 Å². The van der Waals surface area contributed by atoms with E-state index in [-0.39, 0.29) is 36.5 Å². The van der Waals surface area contributed by atoms with E-state index in [1.807, 2.05) is 19.1 Å². The third kappa shape index (κ3) is 2.32. The summed E-state index contributed by atoms with van der Waals surface area (Å²) in [6, 6.07) is 7.10. The van der Waals surface area contributed by atoms with Crippen LogP contribution in [0.3, 0.4) is 0 Å². The Balaban J connectivity index is 2.10. The third-order valence-electron chi connectivity index (χ3n) is 3.14. The van der Waals surface area contributed by atoms with Crippen molar-refractivity contribution in [1.82, 2.24) is 4.90 Å². The third-order valence-corrected chi connectivity index (χ3v) is 3.14. The molecule has 0 spiro atoms. The molecule has 1 heterocycles. The highest BCUT2D eigenvalue weighted by Gasteiger charge is 2.36. The van der Waals surface area contributed by atoms with Crippen LogP contribution in [0.1, 0.15) is 29.3 Å². The van der Waals surface area contributed by atoms with Crippen LogP contribution in [-0.2, 0) is 9.59 Å². The minimum atomic E-state index is -0.302. The first-order valence-electron chi connectivity index (χ1n) is 5.93. The van der Waals surface area contributed by atoms with Crippen molar-refractivity contribution >= 4 is 17.6 Å². The number of aryl methyl sites for hydroxylation is 1. The molecule has 4 nitrogen and oxygen atoms in total. The van der Waals surface area contributed by atoms with Gasteiger partial charge in [-0.2, -0.15) is 0 Å². The Labute approximate surface area is 106 Å². The summed E-state index contributed by atoms with van der Waals surface area (Å²) in [5.41, 5.74) is 1.59. The predicted molar refractivity (Wildman–Crippen MR) is 66.0 cm³/mol. The Kier molecular flexibility index (Phi) is 3.28. The van der Waals surface area contributed by atoms with Gasteiger partial charge in [-0.25, -0.2) is 0 Å². The van der Waals surface area contributed by atoms with Gasteiger partial charge in [0, 0.05) is 17.9 Å². The fourth-order valence-electron chi connectivity index (χ4n) is 1.99. The largest absolute Gasteiger partial charge is 0.292 e. The van der Waals surface area contributed by atoms with E-state index < -0.39 is 0 Å². The number of benzene rings is 1. The first-order valence-corrected chi connectivity index (χ1v) is 5.93. The van der Waals surface area contributed by atoms with E-state index in [1.54, 1.807) is 19.1 Å². The fourth-order valence-corrected chi connectivity index (χ4v) is 1.99. The molecule has 0 aromatic heterocycles. The summed E-state index contributed by atoms with van der Waals surface area (Å²) in [7, 11) is 0. The molecule has 0 aliphatic carbocycles. The maximum atomic E-state index is 12.0. The van der Waals surface area contributed by atoms with Gasteiger partial charge in [0.1, 0.15) is 0 Å². The van der Waals surface area contributed by atoms with Crippen LogP contribution in [0.5, 0.6) is 0 Å². The molecule has 1 atom stereocenters. The van der Waals surface area contributed by atoms with E-state index >= 15 is 0 Å². The Morgan fingerprint density at radius 3 is 2.39 bits per heavy atom. The van der Waals surface area contributed by atoms with Gasteiger partial charge in [0.2, 0.25) is 11.8 Å². The SMILES string of the molecule is Cc1ccc(C(=O)CN2C(=O)CC(C)C2=O)cc1. The number of imide groups is 1. The zero-order valence-electron chi connectivity index (χ0n) is 10.5. The highest BCUT2D eigenvalue weighted by atomic mass is 16.2. The molecule has 4 heteroatoms. The van der Waals surface area contributed by atoms with Crippen molar-refractivity contribution in [2.75, 3.05) is 6.54 Å². The monoisotopic (exact) mass is 245 g/mol. The van der Waals surface area contributed by atoms with Crippen molar-refractivity contribution in [2.45, 2.75) is 20.3 Å². The number of rotatable bonds is 3. The molecule has 0 N–H and O–H groups in total. The summed E-state index contributed by atoms with van der Waals surface area (Å²) in [5.74, 6) is -1.01. The predicted octanol–water partition coefficient (Wildman–Crippen LogP) is 1.57. The van der Waals surface area contributed by atoms with Crippen molar-refractivity contribution in [2.24, 2.45) is 5.92 Å². The first kappa shape index (κ1) is 12.5. The summed E-state index contributed by atoms with van der Waals surface area (Å²) >= 11 is 0. The summed E-state index contributed by atoms with van der Waals surface area (Å²) in [6.45, 7) is 3.49. The normalized spacial score (nSPS) is 19.4. The first-order chi connectivity index (χ1) is 8.49. The lowest BCUT2D eigenvalue weighted by Gasteiger charge is -2.13. The number of hydrogen-bond acceptors (Lipinski definition) is 3. The molecule has 2 amide bonds. The molecule has 1 aromatic carbocycles. The average Bonchev–Trinajstić information content (AvgIpc) is 2.57. The molecule has 0 saturated carbocycles. The molecule has 1 fully saturated rings. The van der Waals surface area contributed by atoms with Crippen molar-refractivity contribution in [3.63, 3.8) is 0 Å². The van der Waals surface area contributed by atoms with Gasteiger partial charge in [0.25, 0.3) is 0 Å². The van der Waals surface area contributed by atoms with Crippen molar-refractivity contribution < 1.29 is 14.4 Å². The van der Waals surface area contributed by atoms with Gasteiger partial charge in [-0.15, -0.1) is 0 Å². The molecule has 1 aromatic rings. The second kappa shape index (κ2) is 4.72. The Hall–Kier alpha value is -1.97. The van der Waals surface area contributed by atoms with Gasteiger partial charge in [0.15, 0.2) is 5.78 Å². The zero-order chi connectivity index (χ0) is 13.3. The zero-order valence-corrected chi connectivity index (χ0v) is 10.5. The molecule has 1 aliphatic rings. The van der Waals surface area contributed by atoms with Gasteiger partial charge >= 0.3 is 0 Å². The number of nitrogens with zero attached hydrogens (tertiary/aromatic N) is 1. The van der Waals surface area contributed by atoms with Crippen LogP contribution in [0.25, 0.3) is 0 Å². The van der Waals surface area contributed by atoms with Crippen LogP contribution in [0.4, 0.5) is 0 Å². The number of ketones is 1. The van der Waals surface area contributed by atoms with Gasteiger partial charge in [-0.3, -0.25) is 19.3 Å². The molecular weight excluding hydrogens is 230 g/mol. The van der Waals surface area contributed by atoms with Crippen molar-refractivity contribution in [3.05, 3.63) is 35.4 Å². The molecule has 0 radical (unpaired) electrons. The van der Waals surface area contributed by atoms with Crippen LogP contribution >= 0.6 is 0 Å². The summed E-state index contributed by atoms with van der Waals surface area (Å²) in [6.07, 6.45) is 0.208. The summed E-state index contributed by atoms with van der Waals surface area (Å²) in [4.78, 5) is 36.3. The highest BCUT2D eigenvalue weighted by molar-refractivity contribution is 6.08. The minimum absolute atomic E-state index is 0.148. The molecular formula is C14H15NO3. The van der Waals surface area contributed by atoms with E-state index in [4.69, 9.17) is 0 Å². The molecule has 94 valence electrons. The maximum absolute atomic E-state index is 12.0. The van der Waals surface area contributed by atoms with Crippen LogP contribution in [0, 0.1) is 12.8 Å². The van der Waals surface area contributed by atoms with Crippen molar-refractivity contribution in [3.8, 4) is 0 Å². The van der Waals surface area contributed by atoms with E-state index in [1.165, 1.54) is 0 Å². The number of likely N-dealkylation sites (tertiary alicyclic amines) is 1. The topological polar surface area (TPSA) is 54.5 Å². The van der Waals surface area contributed by atoms with E-state index in [0.29, 0.717) is 5.56 Å². The van der Waals surface area contributed by atoms with Crippen LogP contribution in [0.15, 0.2) is 24.3 Å². The lowest BCUT2D eigenvalue weighted by atomic mass is 10.1. The van der Waals surface area contributed by atoms with Crippen LogP contribution in [0.2, 0.25) is 0 Å². The molecule has 0 bridgehead atoms. The van der Waals surface area contributed by atoms with Gasteiger partial charge < -0.3 is 0 Å². The van der Waals surface area contributed by atoms with E-state index in [2.05, 4.69) is 0 Å². The Bertz CT molecular complexity index is 504. The second-order valence-corrected chi connectivity index (χ2v) is 4.71. The van der Waals surface area contributed by atoms with Gasteiger partial charge in [-0.1, -0.05) is 36.8 Å².